The van der Waals surface area contributed by atoms with Crippen LogP contribution in [0.1, 0.15) is 37.8 Å². The van der Waals surface area contributed by atoms with E-state index in [0.29, 0.717) is 28.0 Å². The predicted molar refractivity (Wildman–Crippen MR) is 108 cm³/mol. The van der Waals surface area contributed by atoms with E-state index >= 15 is 0 Å². The highest BCUT2D eigenvalue weighted by atomic mass is 16.6. The molecule has 29 heavy (non-hydrogen) atoms. The van der Waals surface area contributed by atoms with Crippen LogP contribution in [0.3, 0.4) is 0 Å². The minimum Gasteiger partial charge on any atom is -0.491 e. The Balaban J connectivity index is 1.85. The maximum atomic E-state index is 12.8. The molecular weight excluding hydrogens is 372 g/mol. The summed E-state index contributed by atoms with van der Waals surface area (Å²) in [6.45, 7) is 5.85. The van der Waals surface area contributed by atoms with Crippen molar-refractivity contribution in [1.82, 2.24) is 0 Å². The Morgan fingerprint density at radius 1 is 1.10 bits per heavy atom. The lowest BCUT2D eigenvalue weighted by Crippen LogP contribution is -2.32. The van der Waals surface area contributed by atoms with Crippen LogP contribution in [0.25, 0.3) is 11.0 Å². The van der Waals surface area contributed by atoms with Crippen molar-refractivity contribution in [2.75, 3.05) is 6.61 Å². The summed E-state index contributed by atoms with van der Waals surface area (Å²) in [5, 5.41) is 0.652. The van der Waals surface area contributed by atoms with E-state index in [1.807, 2.05) is 44.2 Å². The van der Waals surface area contributed by atoms with Gasteiger partial charge in [0.15, 0.2) is 0 Å². The number of benzene rings is 2. The minimum atomic E-state index is -0.962. The Labute approximate surface area is 168 Å². The van der Waals surface area contributed by atoms with Crippen LogP contribution in [0.5, 0.6) is 11.5 Å². The lowest BCUT2D eigenvalue weighted by Gasteiger charge is -2.18. The zero-order chi connectivity index (χ0) is 20.5. The zero-order valence-corrected chi connectivity index (χ0v) is 16.5. The van der Waals surface area contributed by atoms with E-state index in [2.05, 4.69) is 0 Å². The van der Waals surface area contributed by atoms with Gasteiger partial charge in [-0.25, -0.2) is 9.59 Å². The molecule has 1 aliphatic heterocycles. The van der Waals surface area contributed by atoms with E-state index in [9.17, 15) is 9.59 Å². The second-order valence-electron chi connectivity index (χ2n) is 7.13. The molecule has 0 saturated heterocycles. The quantitative estimate of drug-likeness (QED) is 0.480. The van der Waals surface area contributed by atoms with Gasteiger partial charge >= 0.3 is 11.6 Å². The Morgan fingerprint density at radius 3 is 2.52 bits per heavy atom. The van der Waals surface area contributed by atoms with Gasteiger partial charge in [-0.3, -0.25) is 0 Å². The molecule has 0 N–H and O–H groups in total. The summed E-state index contributed by atoms with van der Waals surface area (Å²) in [5.74, 6) is -0.0544. The van der Waals surface area contributed by atoms with Crippen LogP contribution in [0, 0.1) is 0 Å². The lowest BCUT2D eigenvalue weighted by atomic mass is 9.88. The molecule has 4 rings (SSSR count). The maximum Gasteiger partial charge on any atom is 0.348 e. The van der Waals surface area contributed by atoms with Crippen LogP contribution < -0.4 is 15.1 Å². The first-order valence-corrected chi connectivity index (χ1v) is 9.65. The Morgan fingerprint density at radius 2 is 1.83 bits per heavy atom. The second kappa shape index (κ2) is 7.62. The van der Waals surface area contributed by atoms with Crippen molar-refractivity contribution in [3.8, 4) is 11.5 Å². The number of esters is 1. The summed E-state index contributed by atoms with van der Waals surface area (Å²) in [4.78, 5) is 25.5. The fourth-order valence-electron chi connectivity index (χ4n) is 3.65. The van der Waals surface area contributed by atoms with E-state index in [0.717, 1.165) is 5.56 Å². The van der Waals surface area contributed by atoms with E-state index in [-0.39, 0.29) is 12.7 Å². The highest BCUT2D eigenvalue weighted by Gasteiger charge is 2.45. The smallest absolute Gasteiger partial charge is 0.348 e. The molecule has 0 radical (unpaired) electrons. The van der Waals surface area contributed by atoms with Crippen molar-refractivity contribution in [1.29, 1.82) is 0 Å². The first-order chi connectivity index (χ1) is 14.0. The summed E-state index contributed by atoms with van der Waals surface area (Å²) < 4.78 is 22.4. The van der Waals surface area contributed by atoms with Crippen LogP contribution in [-0.2, 0) is 9.53 Å². The van der Waals surface area contributed by atoms with Gasteiger partial charge in [0.05, 0.1) is 29.6 Å². The van der Waals surface area contributed by atoms with Gasteiger partial charge in [0.1, 0.15) is 17.1 Å². The molecule has 1 aromatic heterocycles. The predicted octanol–water partition coefficient (Wildman–Crippen LogP) is 4.04. The highest BCUT2D eigenvalue weighted by Crippen LogP contribution is 2.44. The Hall–Kier alpha value is -3.28. The number of hydrogen-bond acceptors (Lipinski definition) is 6. The lowest BCUT2D eigenvalue weighted by molar-refractivity contribution is -0.151. The third-order valence-corrected chi connectivity index (χ3v) is 4.79. The number of ether oxygens (including phenoxy) is 3. The van der Waals surface area contributed by atoms with Crippen molar-refractivity contribution in [3.63, 3.8) is 0 Å². The average molecular weight is 394 g/mol. The summed E-state index contributed by atoms with van der Waals surface area (Å²) in [5.41, 5.74) is 0.984. The first-order valence-electron chi connectivity index (χ1n) is 9.65. The molecule has 3 aromatic rings. The summed E-state index contributed by atoms with van der Waals surface area (Å²) in [7, 11) is 0. The van der Waals surface area contributed by atoms with Crippen LogP contribution in [0.15, 0.2) is 57.7 Å². The fraction of sp³-hybridized carbons (Fsp3) is 0.304. The molecule has 6 nitrogen and oxygen atoms in total. The number of rotatable bonds is 5. The van der Waals surface area contributed by atoms with Crippen LogP contribution >= 0.6 is 0 Å². The molecule has 0 fully saturated rings. The normalized spacial score (nSPS) is 17.8. The van der Waals surface area contributed by atoms with Crippen molar-refractivity contribution in [3.05, 3.63) is 70.1 Å². The van der Waals surface area contributed by atoms with E-state index in [1.54, 1.807) is 25.1 Å². The van der Waals surface area contributed by atoms with Gasteiger partial charge in [0.2, 0.25) is 6.10 Å². The van der Waals surface area contributed by atoms with Crippen LogP contribution in [0.2, 0.25) is 0 Å². The summed E-state index contributed by atoms with van der Waals surface area (Å²) in [6.07, 6.45) is -0.919. The molecule has 1 aliphatic rings. The average Bonchev–Trinajstić information content (AvgIpc) is 3.10. The second-order valence-corrected chi connectivity index (χ2v) is 7.13. The van der Waals surface area contributed by atoms with Crippen molar-refractivity contribution >= 4 is 16.9 Å². The number of carbonyl (C=O) groups excluding carboxylic acids is 1. The zero-order valence-electron chi connectivity index (χ0n) is 16.5. The third kappa shape index (κ3) is 3.46. The molecule has 0 amide bonds. The van der Waals surface area contributed by atoms with Gasteiger partial charge in [-0.05, 0) is 50.6 Å². The summed E-state index contributed by atoms with van der Waals surface area (Å²) >= 11 is 0. The number of fused-ring (bicyclic) bond motifs is 3. The molecule has 2 aromatic carbocycles. The van der Waals surface area contributed by atoms with Gasteiger partial charge in [0.25, 0.3) is 0 Å². The van der Waals surface area contributed by atoms with Gasteiger partial charge in [-0.2, -0.15) is 0 Å². The topological polar surface area (TPSA) is 75.0 Å². The maximum absolute atomic E-state index is 12.8. The highest BCUT2D eigenvalue weighted by molar-refractivity contribution is 5.88. The standard InChI is InChI=1S/C23H22O6/c1-4-26-23(25)21-18(14-9-11-15(12-10-14)27-13(2)3)19-20(29-21)16-7-5-6-8-17(16)28-22(19)24/h5-13,18,21H,4H2,1-3H3/t18-,21-/m0/s1. The van der Waals surface area contributed by atoms with Gasteiger partial charge in [-0.1, -0.05) is 24.3 Å². The molecule has 0 saturated carbocycles. The molecule has 0 unspecified atom stereocenters. The van der Waals surface area contributed by atoms with Crippen molar-refractivity contribution < 1.29 is 23.4 Å². The monoisotopic (exact) mass is 394 g/mol. The van der Waals surface area contributed by atoms with Crippen molar-refractivity contribution in [2.24, 2.45) is 0 Å². The Bertz CT molecular complexity index is 1100. The summed E-state index contributed by atoms with van der Waals surface area (Å²) in [6, 6.07) is 14.4. The molecule has 150 valence electrons. The van der Waals surface area contributed by atoms with Gasteiger partial charge in [-0.15, -0.1) is 0 Å². The number of carbonyl (C=O) groups is 1. The number of para-hydroxylation sites is 1. The number of hydrogen-bond donors (Lipinski definition) is 0. The van der Waals surface area contributed by atoms with E-state index < -0.39 is 23.6 Å². The fourth-order valence-corrected chi connectivity index (χ4v) is 3.65. The van der Waals surface area contributed by atoms with Gasteiger partial charge in [0, 0.05) is 0 Å². The molecule has 2 atom stereocenters. The molecule has 0 bridgehead atoms. The molecule has 6 heteroatoms. The van der Waals surface area contributed by atoms with Crippen LogP contribution in [0.4, 0.5) is 0 Å². The first kappa shape index (κ1) is 19.1. The largest absolute Gasteiger partial charge is 0.491 e. The third-order valence-electron chi connectivity index (χ3n) is 4.79. The molecule has 0 aliphatic carbocycles. The molecular formula is C23H22O6. The minimum absolute atomic E-state index is 0.0436. The molecule has 2 heterocycles. The van der Waals surface area contributed by atoms with E-state index in [1.165, 1.54) is 0 Å². The SMILES string of the molecule is CCOC(=O)[C@H]1Oc2c(c(=O)oc3ccccc23)[C@@H]1c1ccc(OC(C)C)cc1. The van der Waals surface area contributed by atoms with E-state index in [4.69, 9.17) is 18.6 Å². The Kier molecular flexibility index (Phi) is 5.01. The van der Waals surface area contributed by atoms with Crippen LogP contribution in [-0.4, -0.2) is 24.8 Å². The molecule has 0 spiro atoms. The van der Waals surface area contributed by atoms with Gasteiger partial charge < -0.3 is 18.6 Å². The van der Waals surface area contributed by atoms with Crippen molar-refractivity contribution in [2.45, 2.75) is 38.9 Å².